The van der Waals surface area contributed by atoms with Crippen molar-refractivity contribution in [3.63, 3.8) is 0 Å². The number of carbonyl (C=O) groups is 1. The number of aldehydes is 1. The number of hydrogen-bond donors (Lipinski definition) is 0. The highest BCUT2D eigenvalue weighted by molar-refractivity contribution is 5.76. The molecule has 0 aliphatic carbocycles. The van der Waals surface area contributed by atoms with E-state index in [2.05, 4.69) is 0 Å². The van der Waals surface area contributed by atoms with E-state index in [4.69, 9.17) is 14.2 Å². The van der Waals surface area contributed by atoms with Gasteiger partial charge < -0.3 is 14.2 Å². The van der Waals surface area contributed by atoms with Crippen molar-refractivity contribution in [3.05, 3.63) is 23.8 Å². The molecule has 1 aromatic carbocycles. The lowest BCUT2D eigenvalue weighted by Crippen LogP contribution is -2.05. The van der Waals surface area contributed by atoms with Crippen LogP contribution in [0.15, 0.2) is 18.2 Å². The zero-order valence-electron chi connectivity index (χ0n) is 8.43. The highest BCUT2D eigenvalue weighted by Gasteiger charge is 2.23. The van der Waals surface area contributed by atoms with Crippen LogP contribution in [-0.4, -0.2) is 32.7 Å². The van der Waals surface area contributed by atoms with Crippen LogP contribution in [-0.2, 0) is 4.74 Å². The largest absolute Gasteiger partial charge is 0.493 e. The van der Waals surface area contributed by atoms with Crippen LogP contribution >= 0.6 is 0 Å². The second-order valence-electron chi connectivity index (χ2n) is 3.29. The van der Waals surface area contributed by atoms with Gasteiger partial charge in [0, 0.05) is 5.56 Å². The molecule has 1 aliphatic heterocycles. The van der Waals surface area contributed by atoms with Gasteiger partial charge in [-0.05, 0) is 18.2 Å². The summed E-state index contributed by atoms with van der Waals surface area (Å²) >= 11 is 0. The number of benzene rings is 1. The zero-order chi connectivity index (χ0) is 10.7. The summed E-state index contributed by atoms with van der Waals surface area (Å²) in [6, 6.07) is 5.07. The van der Waals surface area contributed by atoms with Gasteiger partial charge in [0.05, 0.1) is 13.7 Å². The average molecular weight is 208 g/mol. The van der Waals surface area contributed by atoms with Crippen molar-refractivity contribution in [2.24, 2.45) is 0 Å². The summed E-state index contributed by atoms with van der Waals surface area (Å²) in [5.74, 6) is 1.21. The topological polar surface area (TPSA) is 48.1 Å². The Morgan fingerprint density at radius 1 is 1.53 bits per heavy atom. The van der Waals surface area contributed by atoms with Crippen LogP contribution in [0, 0.1) is 0 Å². The minimum atomic E-state index is 0.209. The van der Waals surface area contributed by atoms with Gasteiger partial charge in [0.1, 0.15) is 19.0 Å². The Morgan fingerprint density at radius 2 is 2.33 bits per heavy atom. The minimum absolute atomic E-state index is 0.209. The molecular weight excluding hydrogens is 196 g/mol. The van der Waals surface area contributed by atoms with Crippen LogP contribution in [0.2, 0.25) is 0 Å². The Morgan fingerprint density at radius 3 is 2.93 bits per heavy atom. The molecule has 1 atom stereocenters. The van der Waals surface area contributed by atoms with Crippen LogP contribution < -0.4 is 9.47 Å². The summed E-state index contributed by atoms with van der Waals surface area (Å²) in [4.78, 5) is 10.5. The van der Waals surface area contributed by atoms with Gasteiger partial charge in [0.25, 0.3) is 0 Å². The van der Waals surface area contributed by atoms with E-state index < -0.39 is 0 Å². The third-order valence-electron chi connectivity index (χ3n) is 2.15. The summed E-state index contributed by atoms with van der Waals surface area (Å²) < 4.78 is 15.6. The summed E-state index contributed by atoms with van der Waals surface area (Å²) in [6.45, 7) is 1.28. The zero-order valence-corrected chi connectivity index (χ0v) is 8.43. The van der Waals surface area contributed by atoms with E-state index in [1.807, 2.05) is 0 Å². The highest BCUT2D eigenvalue weighted by Crippen LogP contribution is 2.28. The molecule has 4 nitrogen and oxygen atoms in total. The molecule has 1 unspecified atom stereocenters. The first-order valence-corrected chi connectivity index (χ1v) is 4.71. The normalized spacial score (nSPS) is 18.3. The van der Waals surface area contributed by atoms with E-state index in [-0.39, 0.29) is 6.10 Å². The van der Waals surface area contributed by atoms with Crippen LogP contribution in [0.5, 0.6) is 11.5 Å². The molecule has 0 spiro atoms. The monoisotopic (exact) mass is 208 g/mol. The fraction of sp³-hybridized carbons (Fsp3) is 0.364. The predicted octanol–water partition coefficient (Wildman–Crippen LogP) is 1.29. The van der Waals surface area contributed by atoms with Crippen molar-refractivity contribution in [3.8, 4) is 11.5 Å². The summed E-state index contributed by atoms with van der Waals surface area (Å²) in [6.07, 6.45) is 0.983. The fourth-order valence-corrected chi connectivity index (χ4v) is 1.22. The number of hydrogen-bond acceptors (Lipinski definition) is 4. The number of methoxy groups -OCH3 is 1. The molecule has 15 heavy (non-hydrogen) atoms. The maximum Gasteiger partial charge on any atom is 0.161 e. The highest BCUT2D eigenvalue weighted by atomic mass is 16.6. The molecule has 0 amide bonds. The second kappa shape index (κ2) is 4.31. The SMILES string of the molecule is COc1cc(C=O)ccc1OCC1CO1. The molecule has 0 aromatic heterocycles. The fourth-order valence-electron chi connectivity index (χ4n) is 1.22. The average Bonchev–Trinajstić information content (AvgIpc) is 3.10. The molecule has 2 rings (SSSR count). The van der Waals surface area contributed by atoms with Gasteiger partial charge in [-0.1, -0.05) is 0 Å². The van der Waals surface area contributed by atoms with Crippen molar-refractivity contribution >= 4 is 6.29 Å². The third kappa shape index (κ3) is 2.47. The Labute approximate surface area is 87.8 Å². The van der Waals surface area contributed by atoms with E-state index >= 15 is 0 Å². The van der Waals surface area contributed by atoms with E-state index in [0.717, 1.165) is 12.9 Å². The third-order valence-corrected chi connectivity index (χ3v) is 2.15. The van der Waals surface area contributed by atoms with Crippen LogP contribution in [0.4, 0.5) is 0 Å². The number of epoxide rings is 1. The van der Waals surface area contributed by atoms with Crippen molar-refractivity contribution in [1.29, 1.82) is 0 Å². The van der Waals surface area contributed by atoms with Crippen molar-refractivity contribution < 1.29 is 19.0 Å². The Hall–Kier alpha value is -1.55. The molecule has 1 aliphatic rings. The first-order valence-electron chi connectivity index (χ1n) is 4.71. The Kier molecular flexibility index (Phi) is 2.87. The van der Waals surface area contributed by atoms with E-state index in [1.54, 1.807) is 25.3 Å². The molecule has 0 radical (unpaired) electrons. The molecular formula is C11H12O4. The van der Waals surface area contributed by atoms with Gasteiger partial charge in [-0.3, -0.25) is 4.79 Å². The van der Waals surface area contributed by atoms with Crippen LogP contribution in [0.25, 0.3) is 0 Å². The van der Waals surface area contributed by atoms with Gasteiger partial charge in [-0.15, -0.1) is 0 Å². The Bertz CT molecular complexity index is 358. The van der Waals surface area contributed by atoms with E-state index in [9.17, 15) is 4.79 Å². The first-order chi connectivity index (χ1) is 7.33. The quantitative estimate of drug-likeness (QED) is 0.540. The summed E-state index contributed by atoms with van der Waals surface area (Å²) in [5, 5.41) is 0. The van der Waals surface area contributed by atoms with Gasteiger partial charge in [-0.25, -0.2) is 0 Å². The van der Waals surface area contributed by atoms with Crippen molar-refractivity contribution in [2.75, 3.05) is 20.3 Å². The molecule has 0 N–H and O–H groups in total. The molecule has 1 saturated heterocycles. The molecule has 0 bridgehead atoms. The number of rotatable bonds is 5. The second-order valence-corrected chi connectivity index (χ2v) is 3.29. The minimum Gasteiger partial charge on any atom is -0.493 e. The van der Waals surface area contributed by atoms with Crippen molar-refractivity contribution in [2.45, 2.75) is 6.10 Å². The molecule has 1 fully saturated rings. The standard InChI is InChI=1S/C11H12O4/c1-13-11-4-8(5-12)2-3-10(11)15-7-9-6-14-9/h2-5,9H,6-7H2,1H3. The maximum atomic E-state index is 10.5. The molecule has 80 valence electrons. The van der Waals surface area contributed by atoms with Gasteiger partial charge in [0.2, 0.25) is 0 Å². The lowest BCUT2D eigenvalue weighted by molar-refractivity contribution is 0.112. The van der Waals surface area contributed by atoms with Gasteiger partial charge in [-0.2, -0.15) is 0 Å². The maximum absolute atomic E-state index is 10.5. The summed E-state index contributed by atoms with van der Waals surface area (Å²) in [7, 11) is 1.55. The first kappa shape index (κ1) is 9.98. The van der Waals surface area contributed by atoms with Crippen molar-refractivity contribution in [1.82, 2.24) is 0 Å². The Balaban J connectivity index is 2.09. The lowest BCUT2D eigenvalue weighted by Gasteiger charge is -2.09. The lowest BCUT2D eigenvalue weighted by atomic mass is 10.2. The van der Waals surface area contributed by atoms with Gasteiger partial charge >= 0.3 is 0 Å². The van der Waals surface area contributed by atoms with E-state index in [0.29, 0.717) is 23.7 Å². The molecule has 0 saturated carbocycles. The smallest absolute Gasteiger partial charge is 0.161 e. The number of carbonyl (C=O) groups excluding carboxylic acids is 1. The number of ether oxygens (including phenoxy) is 3. The van der Waals surface area contributed by atoms with Crippen LogP contribution in [0.1, 0.15) is 10.4 Å². The summed E-state index contributed by atoms with van der Waals surface area (Å²) in [5.41, 5.74) is 0.571. The molecule has 4 heteroatoms. The predicted molar refractivity (Wildman–Crippen MR) is 53.6 cm³/mol. The van der Waals surface area contributed by atoms with E-state index in [1.165, 1.54) is 0 Å². The molecule has 1 aromatic rings. The van der Waals surface area contributed by atoms with Crippen LogP contribution in [0.3, 0.4) is 0 Å². The molecule has 1 heterocycles. The van der Waals surface area contributed by atoms with Gasteiger partial charge in [0.15, 0.2) is 11.5 Å².